The molecule has 0 aromatic rings. The molecule has 0 radical (unpaired) electrons. The summed E-state index contributed by atoms with van der Waals surface area (Å²) >= 11 is 0. The van der Waals surface area contributed by atoms with Gasteiger partial charge in [-0.05, 0) is 85.7 Å². The topological polar surface area (TPSA) is 66.5 Å². The summed E-state index contributed by atoms with van der Waals surface area (Å²) in [6, 6.07) is 1.91. The Balaban J connectivity index is 4.75. The van der Waals surface area contributed by atoms with Crippen molar-refractivity contribution in [2.24, 2.45) is 0 Å². The van der Waals surface area contributed by atoms with E-state index in [9.17, 15) is 4.79 Å². The molecule has 0 aliphatic rings. The highest BCUT2D eigenvalue weighted by molar-refractivity contribution is 6.66. The van der Waals surface area contributed by atoms with Crippen LogP contribution in [0.3, 0.4) is 0 Å². The van der Waals surface area contributed by atoms with Crippen LogP contribution in [-0.4, -0.2) is 80.7 Å². The molecule has 0 heterocycles. The Kier molecular flexibility index (Phi) is 17.1. The normalized spacial score (nSPS) is 12.5. The van der Waals surface area contributed by atoms with E-state index in [0.29, 0.717) is 46.0 Å². The summed E-state index contributed by atoms with van der Waals surface area (Å²) in [6.45, 7) is 19.9. The third-order valence-corrected chi connectivity index (χ3v) is 11.1. The van der Waals surface area contributed by atoms with Crippen molar-refractivity contribution in [3.63, 3.8) is 0 Å². The zero-order valence-electron chi connectivity index (χ0n) is 20.6. The van der Waals surface area contributed by atoms with Crippen LogP contribution in [0.15, 0.2) is 0 Å². The summed E-state index contributed by atoms with van der Waals surface area (Å²) in [5.41, 5.74) is 0. The van der Waals surface area contributed by atoms with Crippen LogP contribution in [-0.2, 0) is 27.2 Å². The lowest BCUT2D eigenvalue weighted by atomic mass is 10.3. The van der Waals surface area contributed by atoms with E-state index in [-0.39, 0.29) is 5.97 Å². The lowest BCUT2D eigenvalue weighted by molar-refractivity contribution is -0.143. The Morgan fingerprint density at radius 2 is 1.07 bits per heavy atom. The van der Waals surface area contributed by atoms with Gasteiger partial charge in [0.15, 0.2) is 0 Å². The Hall–Kier alpha value is -0.296. The van der Waals surface area contributed by atoms with Crippen LogP contribution in [0.2, 0.25) is 25.2 Å². The summed E-state index contributed by atoms with van der Waals surface area (Å²) in [6.07, 6.45) is 2.42. The Morgan fingerprint density at radius 1 is 0.667 bits per heavy atom. The molecular weight excluding hydrogens is 418 g/mol. The van der Waals surface area contributed by atoms with E-state index in [2.05, 4.69) is 18.0 Å². The average Bonchev–Trinajstić information content (AvgIpc) is 2.66. The van der Waals surface area contributed by atoms with E-state index in [1.807, 2.05) is 34.6 Å². The second-order valence-electron chi connectivity index (χ2n) is 7.60. The molecule has 0 aliphatic carbocycles. The molecule has 180 valence electrons. The average molecular weight is 466 g/mol. The van der Waals surface area contributed by atoms with Gasteiger partial charge in [-0.25, -0.2) is 0 Å². The predicted octanol–water partition coefficient (Wildman–Crippen LogP) is 4.31. The highest BCUT2D eigenvalue weighted by Crippen LogP contribution is 2.19. The SMILES string of the molecule is CCOC(=O)CCN(CCC[Si](C)(OCC)OCC)CCC[Si](C)(OCC)OCC. The second kappa shape index (κ2) is 17.3. The number of ether oxygens (including phenoxy) is 1. The fourth-order valence-electron chi connectivity index (χ4n) is 3.66. The summed E-state index contributed by atoms with van der Waals surface area (Å²) < 4.78 is 28.9. The molecule has 0 rings (SSSR count). The van der Waals surface area contributed by atoms with Crippen LogP contribution in [0.1, 0.15) is 53.9 Å². The predicted molar refractivity (Wildman–Crippen MR) is 126 cm³/mol. The molecule has 9 heteroatoms. The third kappa shape index (κ3) is 13.9. The van der Waals surface area contributed by atoms with Crippen LogP contribution < -0.4 is 0 Å². The molecule has 0 aliphatic heterocycles. The first kappa shape index (κ1) is 29.7. The fourth-order valence-corrected chi connectivity index (χ4v) is 8.45. The smallest absolute Gasteiger partial charge is 0.334 e. The van der Waals surface area contributed by atoms with Crippen molar-refractivity contribution in [2.45, 2.75) is 79.1 Å². The van der Waals surface area contributed by atoms with Gasteiger partial charge in [-0.3, -0.25) is 4.79 Å². The Labute approximate surface area is 187 Å². The quantitative estimate of drug-likeness (QED) is 0.196. The Morgan fingerprint density at radius 3 is 1.40 bits per heavy atom. The summed E-state index contributed by atoms with van der Waals surface area (Å²) in [7, 11) is -4.22. The van der Waals surface area contributed by atoms with Crippen molar-refractivity contribution in [3.05, 3.63) is 0 Å². The van der Waals surface area contributed by atoms with Gasteiger partial charge in [-0.1, -0.05) is 0 Å². The number of nitrogens with zero attached hydrogens (tertiary/aromatic N) is 1. The number of hydrogen-bond donors (Lipinski definition) is 0. The van der Waals surface area contributed by atoms with Crippen LogP contribution in [0.4, 0.5) is 0 Å². The van der Waals surface area contributed by atoms with Gasteiger partial charge in [0.1, 0.15) is 0 Å². The van der Waals surface area contributed by atoms with E-state index in [4.69, 9.17) is 22.4 Å². The largest absolute Gasteiger partial charge is 0.466 e. The second-order valence-corrected chi connectivity index (χ2v) is 14.3. The molecule has 0 amide bonds. The van der Waals surface area contributed by atoms with Crippen molar-refractivity contribution in [1.82, 2.24) is 4.90 Å². The summed E-state index contributed by atoms with van der Waals surface area (Å²) in [5.74, 6) is -0.131. The van der Waals surface area contributed by atoms with E-state index in [1.165, 1.54) is 0 Å². The van der Waals surface area contributed by atoms with Gasteiger partial charge in [0.2, 0.25) is 0 Å². The van der Waals surface area contributed by atoms with Crippen LogP contribution in [0, 0.1) is 0 Å². The van der Waals surface area contributed by atoms with Crippen LogP contribution >= 0.6 is 0 Å². The van der Waals surface area contributed by atoms with Crippen molar-refractivity contribution in [1.29, 1.82) is 0 Å². The first-order chi connectivity index (χ1) is 14.3. The molecule has 0 spiro atoms. The molecule has 0 saturated carbocycles. The lowest BCUT2D eigenvalue weighted by Gasteiger charge is -2.29. The number of carbonyl (C=O) groups is 1. The zero-order chi connectivity index (χ0) is 22.9. The molecule has 30 heavy (non-hydrogen) atoms. The highest BCUT2D eigenvalue weighted by atomic mass is 28.4. The van der Waals surface area contributed by atoms with Crippen LogP contribution in [0.5, 0.6) is 0 Å². The maximum absolute atomic E-state index is 11.8. The number of hydrogen-bond acceptors (Lipinski definition) is 7. The molecular formula is C21H47NO6Si2. The Bertz CT molecular complexity index is 402. The van der Waals surface area contributed by atoms with Crippen molar-refractivity contribution >= 4 is 23.1 Å². The van der Waals surface area contributed by atoms with Crippen molar-refractivity contribution < 1.29 is 27.2 Å². The molecule has 0 aromatic carbocycles. The fraction of sp³-hybridized carbons (Fsp3) is 0.952. The van der Waals surface area contributed by atoms with Gasteiger partial charge < -0.3 is 27.3 Å². The van der Waals surface area contributed by atoms with Crippen LogP contribution in [0.25, 0.3) is 0 Å². The van der Waals surface area contributed by atoms with Crippen molar-refractivity contribution in [2.75, 3.05) is 52.7 Å². The van der Waals surface area contributed by atoms with Gasteiger partial charge >= 0.3 is 23.1 Å². The maximum Gasteiger partial charge on any atom is 0.334 e. The zero-order valence-corrected chi connectivity index (χ0v) is 22.6. The molecule has 0 aromatic heterocycles. The standard InChI is InChI=1S/C21H47NO6Si2/c1-8-24-21(23)15-18-22(16-13-19-29(6,25-9-2)26-10-3)17-14-20-30(7,27-11-4)28-12-5/h8-20H2,1-7H3. The minimum atomic E-state index is -2.11. The van der Waals surface area contributed by atoms with Gasteiger partial charge in [0.05, 0.1) is 13.0 Å². The minimum absolute atomic E-state index is 0.131. The third-order valence-electron chi connectivity index (χ3n) is 4.95. The monoisotopic (exact) mass is 465 g/mol. The molecule has 0 bridgehead atoms. The molecule has 0 fully saturated rings. The van der Waals surface area contributed by atoms with E-state index < -0.39 is 17.1 Å². The number of esters is 1. The van der Waals surface area contributed by atoms with Gasteiger partial charge in [-0.15, -0.1) is 0 Å². The highest BCUT2D eigenvalue weighted by Gasteiger charge is 2.31. The summed E-state index contributed by atoms with van der Waals surface area (Å²) in [4.78, 5) is 14.2. The molecule has 0 N–H and O–H groups in total. The first-order valence-corrected chi connectivity index (χ1v) is 16.8. The van der Waals surface area contributed by atoms with Crippen molar-refractivity contribution in [3.8, 4) is 0 Å². The van der Waals surface area contributed by atoms with Gasteiger partial charge in [0, 0.05) is 33.0 Å². The minimum Gasteiger partial charge on any atom is -0.466 e. The lowest BCUT2D eigenvalue weighted by Crippen LogP contribution is -2.41. The van der Waals surface area contributed by atoms with Gasteiger partial charge in [-0.2, -0.15) is 0 Å². The number of rotatable bonds is 20. The van der Waals surface area contributed by atoms with E-state index in [1.54, 1.807) is 0 Å². The first-order valence-electron chi connectivity index (χ1n) is 11.7. The number of carbonyl (C=O) groups excluding carboxylic acids is 1. The molecule has 0 unspecified atom stereocenters. The maximum atomic E-state index is 11.8. The summed E-state index contributed by atoms with van der Waals surface area (Å²) in [5, 5.41) is 0. The molecule has 0 atom stereocenters. The van der Waals surface area contributed by atoms with E-state index in [0.717, 1.165) is 38.0 Å². The van der Waals surface area contributed by atoms with Gasteiger partial charge in [0.25, 0.3) is 0 Å². The molecule has 0 saturated heterocycles. The molecule has 7 nitrogen and oxygen atoms in total. The van der Waals surface area contributed by atoms with E-state index >= 15 is 0 Å².